The molecule has 0 N–H and O–H groups in total. The Hall–Kier alpha value is -1.35. The van der Waals surface area contributed by atoms with Crippen LogP contribution < -0.4 is 0 Å². The minimum absolute atomic E-state index is 0.0653. The van der Waals surface area contributed by atoms with Crippen LogP contribution in [0.4, 0.5) is 0 Å². The highest BCUT2D eigenvalue weighted by atomic mass is 79.9. The van der Waals surface area contributed by atoms with Gasteiger partial charge in [0.1, 0.15) is 4.62 Å². The summed E-state index contributed by atoms with van der Waals surface area (Å²) in [5.74, 6) is 0.251. The van der Waals surface area contributed by atoms with E-state index in [-0.39, 0.29) is 12.0 Å². The van der Waals surface area contributed by atoms with E-state index in [4.69, 9.17) is 4.84 Å². The van der Waals surface area contributed by atoms with Crippen LogP contribution in [0.2, 0.25) is 0 Å². The van der Waals surface area contributed by atoms with Crippen molar-refractivity contribution >= 4 is 31.3 Å². The third kappa shape index (κ3) is 0.901. The molecule has 0 unspecified atom stereocenters. The van der Waals surface area contributed by atoms with Crippen LogP contribution >= 0.6 is 15.9 Å². The second-order valence-electron chi connectivity index (χ2n) is 4.21. The fourth-order valence-corrected chi connectivity index (χ4v) is 3.34. The quantitative estimate of drug-likeness (QED) is 0.717. The zero-order chi connectivity index (χ0) is 10.7. The van der Waals surface area contributed by atoms with Crippen molar-refractivity contribution in [2.24, 2.45) is 5.16 Å². The molecule has 0 aromatic heterocycles. The lowest BCUT2D eigenvalue weighted by atomic mass is 10.0. The summed E-state index contributed by atoms with van der Waals surface area (Å²) >= 11 is 3.49. The lowest BCUT2D eigenvalue weighted by molar-refractivity contribution is 0.0808. The van der Waals surface area contributed by atoms with Gasteiger partial charge in [-0.2, -0.15) is 0 Å². The molecule has 0 saturated heterocycles. The SMILES string of the molecule is BrC1=NO[C@H]2c3cccc4cccc(c34)[C@H]12. The molecule has 2 aliphatic rings. The van der Waals surface area contributed by atoms with Crippen molar-refractivity contribution in [3.8, 4) is 0 Å². The Morgan fingerprint density at radius 1 is 1.06 bits per heavy atom. The molecule has 0 bridgehead atoms. The van der Waals surface area contributed by atoms with Gasteiger partial charge >= 0.3 is 0 Å². The van der Waals surface area contributed by atoms with Gasteiger partial charge in [-0.3, -0.25) is 0 Å². The standard InChI is InChI=1S/C13H8BrNO/c14-13-11-8-5-1-3-7-4-2-6-9(10(7)8)12(11)16-15-13/h1-6,11-12H/t11-,12-/m0/s1. The highest BCUT2D eigenvalue weighted by Gasteiger charge is 2.42. The van der Waals surface area contributed by atoms with E-state index in [1.807, 2.05) is 0 Å². The van der Waals surface area contributed by atoms with Crippen molar-refractivity contribution in [2.45, 2.75) is 12.0 Å². The van der Waals surface area contributed by atoms with Crippen LogP contribution in [0, 0.1) is 0 Å². The molecule has 2 nitrogen and oxygen atoms in total. The van der Waals surface area contributed by atoms with Gasteiger partial charge in [-0.05, 0) is 32.3 Å². The molecule has 2 aromatic rings. The number of oxime groups is 1. The maximum absolute atomic E-state index is 5.50. The van der Waals surface area contributed by atoms with E-state index in [1.54, 1.807) is 0 Å². The number of rotatable bonds is 0. The Bertz CT molecular complexity index is 630. The first-order valence-corrected chi connectivity index (χ1v) is 6.06. The number of benzene rings is 2. The topological polar surface area (TPSA) is 21.6 Å². The summed E-state index contributed by atoms with van der Waals surface area (Å²) in [6.07, 6.45) is 0.0653. The molecule has 2 aromatic carbocycles. The molecule has 1 aliphatic heterocycles. The van der Waals surface area contributed by atoms with Gasteiger partial charge < -0.3 is 4.84 Å². The van der Waals surface area contributed by atoms with E-state index < -0.39 is 0 Å². The van der Waals surface area contributed by atoms with Gasteiger partial charge in [0.25, 0.3) is 0 Å². The summed E-state index contributed by atoms with van der Waals surface area (Å²) in [7, 11) is 0. The molecule has 0 spiro atoms. The summed E-state index contributed by atoms with van der Waals surface area (Å²) in [5.41, 5.74) is 2.59. The molecule has 0 radical (unpaired) electrons. The molecule has 2 atom stereocenters. The van der Waals surface area contributed by atoms with E-state index in [0.717, 1.165) is 4.62 Å². The molecule has 4 rings (SSSR count). The van der Waals surface area contributed by atoms with Crippen molar-refractivity contribution < 1.29 is 4.84 Å². The van der Waals surface area contributed by atoms with Crippen LogP contribution in [0.5, 0.6) is 0 Å². The van der Waals surface area contributed by atoms with Gasteiger partial charge in [0, 0.05) is 5.56 Å². The molecule has 0 amide bonds. The van der Waals surface area contributed by atoms with Crippen LogP contribution in [0.1, 0.15) is 23.1 Å². The first-order valence-electron chi connectivity index (χ1n) is 5.27. The van der Waals surface area contributed by atoms with Crippen molar-refractivity contribution in [1.29, 1.82) is 0 Å². The highest BCUT2D eigenvalue weighted by molar-refractivity contribution is 9.18. The van der Waals surface area contributed by atoms with Crippen molar-refractivity contribution in [3.05, 3.63) is 47.5 Å². The summed E-state index contributed by atoms with van der Waals surface area (Å²) in [6.45, 7) is 0. The summed E-state index contributed by atoms with van der Waals surface area (Å²) in [4.78, 5) is 5.50. The first-order chi connectivity index (χ1) is 7.86. The molecule has 3 heteroatoms. The van der Waals surface area contributed by atoms with E-state index in [2.05, 4.69) is 57.5 Å². The second-order valence-corrected chi connectivity index (χ2v) is 5.02. The third-order valence-corrected chi connectivity index (χ3v) is 4.06. The van der Waals surface area contributed by atoms with Gasteiger partial charge in [-0.25, -0.2) is 0 Å². The largest absolute Gasteiger partial charge is 0.386 e. The van der Waals surface area contributed by atoms with Crippen LogP contribution in [-0.2, 0) is 4.84 Å². The summed E-state index contributed by atoms with van der Waals surface area (Å²) < 4.78 is 0.904. The van der Waals surface area contributed by atoms with E-state index in [0.29, 0.717) is 0 Å². The van der Waals surface area contributed by atoms with Gasteiger partial charge in [-0.15, -0.1) is 0 Å². The predicted molar refractivity (Wildman–Crippen MR) is 66.9 cm³/mol. The predicted octanol–water partition coefficient (Wildman–Crippen LogP) is 3.72. The lowest BCUT2D eigenvalue weighted by Gasteiger charge is -2.08. The van der Waals surface area contributed by atoms with Crippen LogP contribution in [-0.4, -0.2) is 4.62 Å². The second kappa shape index (κ2) is 2.86. The van der Waals surface area contributed by atoms with Crippen LogP contribution in [0.15, 0.2) is 41.6 Å². The van der Waals surface area contributed by atoms with Gasteiger partial charge in [0.15, 0.2) is 6.10 Å². The van der Waals surface area contributed by atoms with E-state index in [9.17, 15) is 0 Å². The van der Waals surface area contributed by atoms with Crippen molar-refractivity contribution in [3.63, 3.8) is 0 Å². The van der Waals surface area contributed by atoms with Crippen molar-refractivity contribution in [2.75, 3.05) is 0 Å². The van der Waals surface area contributed by atoms with E-state index in [1.165, 1.54) is 21.9 Å². The number of nitrogens with zero attached hydrogens (tertiary/aromatic N) is 1. The van der Waals surface area contributed by atoms with Gasteiger partial charge in [0.2, 0.25) is 0 Å². The average molecular weight is 274 g/mol. The van der Waals surface area contributed by atoms with Crippen LogP contribution in [0.3, 0.4) is 0 Å². The maximum atomic E-state index is 5.50. The minimum atomic E-state index is 0.0653. The molecular weight excluding hydrogens is 266 g/mol. The number of hydrogen-bond donors (Lipinski definition) is 0. The molecule has 78 valence electrons. The molecule has 0 fully saturated rings. The third-order valence-electron chi connectivity index (χ3n) is 3.42. The highest BCUT2D eigenvalue weighted by Crippen LogP contribution is 2.51. The molecule has 1 aliphatic carbocycles. The van der Waals surface area contributed by atoms with Crippen molar-refractivity contribution in [1.82, 2.24) is 0 Å². The fourth-order valence-electron chi connectivity index (χ4n) is 2.77. The normalized spacial score (nSPS) is 25.4. The number of halogens is 1. The fraction of sp³-hybridized carbons (Fsp3) is 0.154. The average Bonchev–Trinajstić information content (AvgIpc) is 2.83. The monoisotopic (exact) mass is 273 g/mol. The van der Waals surface area contributed by atoms with Gasteiger partial charge in [0.05, 0.1) is 5.92 Å². The smallest absolute Gasteiger partial charge is 0.166 e. The summed E-state index contributed by atoms with van der Waals surface area (Å²) in [5, 5.41) is 6.67. The zero-order valence-corrected chi connectivity index (χ0v) is 9.94. The Morgan fingerprint density at radius 2 is 1.81 bits per heavy atom. The van der Waals surface area contributed by atoms with E-state index >= 15 is 0 Å². The molecular formula is C13H8BrNO. The number of hydrogen-bond acceptors (Lipinski definition) is 2. The van der Waals surface area contributed by atoms with Crippen LogP contribution in [0.25, 0.3) is 10.8 Å². The zero-order valence-electron chi connectivity index (χ0n) is 8.35. The molecule has 1 heterocycles. The summed E-state index contributed by atoms with van der Waals surface area (Å²) in [6, 6.07) is 12.8. The minimum Gasteiger partial charge on any atom is -0.386 e. The Morgan fingerprint density at radius 3 is 2.62 bits per heavy atom. The number of fused-ring (bicyclic) bond motifs is 3. The Kier molecular flexibility index (Phi) is 1.56. The first kappa shape index (κ1) is 8.76. The molecule has 16 heavy (non-hydrogen) atoms. The Labute approximate surface area is 101 Å². The van der Waals surface area contributed by atoms with Gasteiger partial charge in [-0.1, -0.05) is 41.6 Å². The lowest BCUT2D eigenvalue weighted by Crippen LogP contribution is -2.04. The Balaban J connectivity index is 2.14. The molecule has 0 saturated carbocycles. The maximum Gasteiger partial charge on any atom is 0.166 e.